The second kappa shape index (κ2) is 7.48. The molecule has 0 saturated carbocycles. The number of esters is 1. The fourth-order valence-corrected chi connectivity index (χ4v) is 0.932. The molecule has 0 N–H and O–H groups in total. The first-order valence-corrected chi connectivity index (χ1v) is 6.36. The molecule has 19 heavy (non-hydrogen) atoms. The maximum Gasteiger partial charge on any atom is 0.357 e. The van der Waals surface area contributed by atoms with Gasteiger partial charge in [0.1, 0.15) is 6.61 Å². The number of halogens is 2. The molecule has 0 radical (unpaired) electrons. The number of carbonyl (C=O) groups excluding carboxylic acids is 1. The van der Waals surface area contributed by atoms with Gasteiger partial charge in [0.05, 0.1) is 12.2 Å². The van der Waals surface area contributed by atoms with Gasteiger partial charge >= 0.3 is 11.2 Å². The first kappa shape index (κ1) is 17.9. The topological polar surface area (TPSA) is 102 Å². The summed E-state index contributed by atoms with van der Waals surface area (Å²) in [5.74, 6) is -0.943. The van der Waals surface area contributed by atoms with Crippen LogP contribution in [0.3, 0.4) is 0 Å². The minimum absolute atomic E-state index is 0.309. The molecule has 10 heteroatoms. The summed E-state index contributed by atoms with van der Waals surface area (Å²) in [6.07, 6.45) is 0. The normalized spacial score (nSPS) is 12.2. The summed E-state index contributed by atoms with van der Waals surface area (Å²) in [7, 11) is -5.81. The number of hydrogen-bond donors (Lipinski definition) is 0. The zero-order chi connectivity index (χ0) is 15.1. The van der Waals surface area contributed by atoms with Crippen molar-refractivity contribution < 1.29 is 40.8 Å². The van der Waals surface area contributed by atoms with Crippen molar-refractivity contribution >= 4 is 16.1 Å². The van der Waals surface area contributed by atoms with Gasteiger partial charge in [-0.2, -0.15) is 8.78 Å². The lowest BCUT2D eigenvalue weighted by atomic mass is 10.3. The minimum atomic E-state index is -5.81. The number of rotatable bonds is 9. The molecular weight excluding hydrogens is 290 g/mol. The van der Waals surface area contributed by atoms with Gasteiger partial charge < -0.3 is 18.8 Å². The van der Waals surface area contributed by atoms with Crippen molar-refractivity contribution in [2.75, 3.05) is 26.6 Å². The third-order valence-electron chi connectivity index (χ3n) is 1.68. The van der Waals surface area contributed by atoms with Crippen LogP contribution < -0.4 is 0 Å². The molecule has 0 amide bonds. The number of carbonyl (C=O) groups is 1. The van der Waals surface area contributed by atoms with Gasteiger partial charge in [-0.15, -0.1) is 0 Å². The van der Waals surface area contributed by atoms with Crippen molar-refractivity contribution in [3.05, 3.63) is 12.2 Å². The average Bonchev–Trinajstić information content (AvgIpc) is 2.27. The van der Waals surface area contributed by atoms with E-state index in [0.717, 1.165) is 0 Å². The predicted octanol–water partition coefficient (Wildman–Crippen LogP) is 0.234. The van der Waals surface area contributed by atoms with Crippen LogP contribution in [0.5, 0.6) is 0 Å². The van der Waals surface area contributed by atoms with E-state index in [1.807, 2.05) is 0 Å². The van der Waals surface area contributed by atoms with E-state index in [0.29, 0.717) is 6.61 Å². The lowest BCUT2D eigenvalue weighted by Gasteiger charge is -2.19. The van der Waals surface area contributed by atoms with Gasteiger partial charge in [-0.05, 0) is 6.92 Å². The lowest BCUT2D eigenvalue weighted by Crippen LogP contribution is -2.34. The Kier molecular flexibility index (Phi) is 7.05. The van der Waals surface area contributed by atoms with E-state index in [1.54, 1.807) is 6.92 Å². The van der Waals surface area contributed by atoms with Crippen LogP contribution in [0.4, 0.5) is 8.78 Å². The molecule has 0 unspecified atom stereocenters. The van der Waals surface area contributed by atoms with E-state index in [9.17, 15) is 26.5 Å². The van der Waals surface area contributed by atoms with Crippen LogP contribution in [-0.4, -0.2) is 50.8 Å². The Morgan fingerprint density at radius 3 is 2.42 bits per heavy atom. The van der Waals surface area contributed by atoms with E-state index >= 15 is 0 Å². The highest BCUT2D eigenvalue weighted by molar-refractivity contribution is 7.86. The third kappa shape index (κ3) is 6.57. The first-order chi connectivity index (χ1) is 8.62. The number of hydrogen-bond acceptors (Lipinski definition) is 7. The molecule has 0 saturated heterocycles. The van der Waals surface area contributed by atoms with Gasteiger partial charge in [-0.25, -0.2) is 13.2 Å². The van der Waals surface area contributed by atoms with E-state index in [-0.39, 0.29) is 12.4 Å². The van der Waals surface area contributed by atoms with E-state index in [4.69, 9.17) is 4.74 Å². The van der Waals surface area contributed by atoms with Gasteiger partial charge in [0, 0.05) is 6.61 Å². The molecule has 0 aromatic carbocycles. The Bertz CT molecular complexity index is 418. The van der Waals surface area contributed by atoms with Gasteiger partial charge in [-0.3, -0.25) is 0 Å². The van der Waals surface area contributed by atoms with Gasteiger partial charge in [-0.1, -0.05) is 6.58 Å². The molecule has 0 aromatic heterocycles. The summed E-state index contributed by atoms with van der Waals surface area (Å²) in [4.78, 5) is 11.1. The Hall–Kier alpha value is -1.10. The highest BCUT2D eigenvalue weighted by Crippen LogP contribution is 2.20. The van der Waals surface area contributed by atoms with E-state index in [2.05, 4.69) is 16.1 Å². The van der Waals surface area contributed by atoms with Crippen LogP contribution >= 0.6 is 0 Å². The minimum Gasteiger partial charge on any atom is -0.743 e. The largest absolute Gasteiger partial charge is 0.743 e. The van der Waals surface area contributed by atoms with E-state index < -0.39 is 34.6 Å². The fraction of sp³-hybridized carbons (Fsp3) is 0.667. The standard InChI is InChI=1S/C9H14F2O7S/c1-3-16-6-18-8(12)7(2)4-17-5-9(10,11)19(13,14)15/h2-6H2,1H3,(H,13,14,15)/p-1. The summed E-state index contributed by atoms with van der Waals surface area (Å²) >= 11 is 0. The quantitative estimate of drug-likeness (QED) is 0.197. The summed E-state index contributed by atoms with van der Waals surface area (Å²) in [6.45, 7) is 2.46. The molecule has 0 spiro atoms. The molecule has 0 bridgehead atoms. The van der Waals surface area contributed by atoms with Crippen LogP contribution in [0, 0.1) is 0 Å². The molecule has 0 rings (SSSR count). The molecule has 0 heterocycles. The highest BCUT2D eigenvalue weighted by atomic mass is 32.2. The third-order valence-corrected chi connectivity index (χ3v) is 2.53. The van der Waals surface area contributed by atoms with Crippen molar-refractivity contribution in [1.29, 1.82) is 0 Å². The molecule has 0 aliphatic heterocycles. The molecule has 0 aromatic rings. The maximum absolute atomic E-state index is 12.6. The second-order valence-corrected chi connectivity index (χ2v) is 4.74. The zero-order valence-electron chi connectivity index (χ0n) is 10.1. The maximum atomic E-state index is 12.6. The lowest BCUT2D eigenvalue weighted by molar-refractivity contribution is -0.151. The molecule has 0 aliphatic carbocycles. The zero-order valence-corrected chi connectivity index (χ0v) is 10.9. The molecule has 0 fully saturated rings. The van der Waals surface area contributed by atoms with Gasteiger partial charge in [0.15, 0.2) is 16.9 Å². The Morgan fingerprint density at radius 2 is 1.95 bits per heavy atom. The Balaban J connectivity index is 4.08. The fourth-order valence-electron chi connectivity index (χ4n) is 0.705. The van der Waals surface area contributed by atoms with Crippen LogP contribution in [0.2, 0.25) is 0 Å². The predicted molar refractivity (Wildman–Crippen MR) is 57.2 cm³/mol. The molecule has 7 nitrogen and oxygen atoms in total. The van der Waals surface area contributed by atoms with Crippen molar-refractivity contribution in [2.45, 2.75) is 12.2 Å². The summed E-state index contributed by atoms with van der Waals surface area (Å²) < 4.78 is 69.1. The van der Waals surface area contributed by atoms with Crippen molar-refractivity contribution in [3.8, 4) is 0 Å². The average molecular weight is 303 g/mol. The first-order valence-electron chi connectivity index (χ1n) is 4.95. The Morgan fingerprint density at radius 1 is 1.37 bits per heavy atom. The summed E-state index contributed by atoms with van der Waals surface area (Å²) in [6, 6.07) is 0. The summed E-state index contributed by atoms with van der Waals surface area (Å²) in [5, 5.41) is -4.57. The van der Waals surface area contributed by atoms with Gasteiger partial charge in [0.25, 0.3) is 0 Å². The van der Waals surface area contributed by atoms with E-state index in [1.165, 1.54) is 0 Å². The van der Waals surface area contributed by atoms with Crippen LogP contribution in [0.15, 0.2) is 12.2 Å². The van der Waals surface area contributed by atoms with Crippen LogP contribution in [-0.2, 0) is 29.1 Å². The highest BCUT2D eigenvalue weighted by Gasteiger charge is 2.38. The Labute approximate surface area is 108 Å². The van der Waals surface area contributed by atoms with Gasteiger partial charge in [0.2, 0.25) is 0 Å². The summed E-state index contributed by atoms with van der Waals surface area (Å²) in [5.41, 5.74) is -0.321. The molecule has 0 atom stereocenters. The van der Waals surface area contributed by atoms with Crippen molar-refractivity contribution in [1.82, 2.24) is 0 Å². The molecular formula is C9H13F2O7S-. The number of ether oxygens (including phenoxy) is 3. The van der Waals surface area contributed by atoms with Crippen LogP contribution in [0.25, 0.3) is 0 Å². The smallest absolute Gasteiger partial charge is 0.357 e. The van der Waals surface area contributed by atoms with Crippen molar-refractivity contribution in [2.24, 2.45) is 0 Å². The van der Waals surface area contributed by atoms with Crippen molar-refractivity contribution in [3.63, 3.8) is 0 Å². The monoisotopic (exact) mass is 303 g/mol. The second-order valence-electron chi connectivity index (χ2n) is 3.23. The SMILES string of the molecule is C=C(COCC(F)(F)S(=O)(=O)[O-])C(=O)OCOCC. The molecule has 112 valence electrons. The van der Waals surface area contributed by atoms with Crippen LogP contribution in [0.1, 0.15) is 6.92 Å². The number of alkyl halides is 2. The molecule has 0 aliphatic rings.